The van der Waals surface area contributed by atoms with Gasteiger partial charge in [0.05, 0.1) is 12.8 Å². The lowest BCUT2D eigenvalue weighted by Gasteiger charge is -2.24. The van der Waals surface area contributed by atoms with Gasteiger partial charge in [-0.1, -0.05) is 49.1 Å². The van der Waals surface area contributed by atoms with E-state index in [1.807, 2.05) is 22.8 Å². The highest BCUT2D eigenvalue weighted by molar-refractivity contribution is 6.31. The Kier molecular flexibility index (Phi) is 5.96. The van der Waals surface area contributed by atoms with Crippen LogP contribution in [0.25, 0.3) is 22.2 Å². The van der Waals surface area contributed by atoms with Gasteiger partial charge in [-0.05, 0) is 55.0 Å². The van der Waals surface area contributed by atoms with Gasteiger partial charge in [0.1, 0.15) is 6.54 Å². The van der Waals surface area contributed by atoms with Gasteiger partial charge in [0.15, 0.2) is 6.29 Å². The summed E-state index contributed by atoms with van der Waals surface area (Å²) in [5.74, 6) is 0.0814. The van der Waals surface area contributed by atoms with Gasteiger partial charge in [-0.15, -0.1) is 0 Å². The van der Waals surface area contributed by atoms with E-state index >= 15 is 0 Å². The van der Waals surface area contributed by atoms with Crippen LogP contribution in [-0.2, 0) is 16.1 Å². The van der Waals surface area contributed by atoms with Crippen LogP contribution in [0.5, 0.6) is 0 Å². The first-order valence-corrected chi connectivity index (χ1v) is 10.9. The summed E-state index contributed by atoms with van der Waals surface area (Å²) in [5.41, 5.74) is 5.72. The highest BCUT2D eigenvalue weighted by atomic mass is 35.5. The molecule has 0 saturated heterocycles. The van der Waals surface area contributed by atoms with Crippen molar-refractivity contribution in [3.05, 3.63) is 58.1 Å². The van der Waals surface area contributed by atoms with Crippen LogP contribution in [0.3, 0.4) is 0 Å². The molecule has 3 aromatic rings. The van der Waals surface area contributed by atoms with Gasteiger partial charge >= 0.3 is 5.97 Å². The van der Waals surface area contributed by atoms with Crippen molar-refractivity contribution in [3.63, 3.8) is 0 Å². The average Bonchev–Trinajstić information content (AvgIpc) is 3.09. The van der Waals surface area contributed by atoms with Gasteiger partial charge in [-0.3, -0.25) is 9.59 Å². The van der Waals surface area contributed by atoms with Crippen LogP contribution in [0.1, 0.15) is 59.5 Å². The molecule has 4 nitrogen and oxygen atoms in total. The van der Waals surface area contributed by atoms with Crippen LogP contribution < -0.4 is 0 Å². The van der Waals surface area contributed by atoms with Gasteiger partial charge < -0.3 is 9.30 Å². The molecule has 0 spiro atoms. The molecule has 5 heteroatoms. The number of nitrogens with zero attached hydrogens (tertiary/aromatic N) is 1. The minimum absolute atomic E-state index is 0.0967. The second-order valence-corrected chi connectivity index (χ2v) is 8.51. The van der Waals surface area contributed by atoms with Crippen LogP contribution in [0.4, 0.5) is 0 Å². The fraction of sp³-hybridized carbons (Fsp3) is 0.360. The van der Waals surface area contributed by atoms with Crippen molar-refractivity contribution in [2.75, 3.05) is 7.11 Å². The summed E-state index contributed by atoms with van der Waals surface area (Å²) in [7, 11) is 1.40. The molecule has 30 heavy (non-hydrogen) atoms. The zero-order valence-corrected chi connectivity index (χ0v) is 18.2. The number of halogens is 1. The number of fused-ring (bicyclic) bond motifs is 1. The third-order valence-corrected chi connectivity index (χ3v) is 6.50. The highest BCUT2D eigenvalue weighted by Gasteiger charge is 2.29. The number of aldehydes is 1. The maximum atomic E-state index is 12.4. The van der Waals surface area contributed by atoms with E-state index in [-0.39, 0.29) is 12.5 Å². The maximum absolute atomic E-state index is 12.4. The second kappa shape index (κ2) is 8.65. The normalized spacial score (nSPS) is 14.8. The lowest BCUT2D eigenvalue weighted by atomic mass is 9.81. The number of aromatic nitrogens is 1. The fourth-order valence-corrected chi connectivity index (χ4v) is 5.08. The highest BCUT2D eigenvalue weighted by Crippen LogP contribution is 2.45. The number of aryl methyl sites for hydroxylation is 1. The summed E-state index contributed by atoms with van der Waals surface area (Å²) in [5, 5.41) is 1.71. The first-order chi connectivity index (χ1) is 14.5. The Morgan fingerprint density at radius 3 is 2.67 bits per heavy atom. The van der Waals surface area contributed by atoms with Crippen molar-refractivity contribution in [2.24, 2.45) is 0 Å². The number of esters is 1. The molecule has 0 radical (unpaired) electrons. The van der Waals surface area contributed by atoms with E-state index in [9.17, 15) is 9.59 Å². The molecule has 0 unspecified atom stereocenters. The zero-order valence-electron chi connectivity index (χ0n) is 17.4. The molecule has 0 aliphatic heterocycles. The molecule has 0 N–H and O–H groups in total. The molecule has 0 amide bonds. The summed E-state index contributed by atoms with van der Waals surface area (Å²) < 4.78 is 7.03. The van der Waals surface area contributed by atoms with Crippen molar-refractivity contribution in [2.45, 2.75) is 51.5 Å². The van der Waals surface area contributed by atoms with Gasteiger partial charge in [-0.2, -0.15) is 0 Å². The average molecular weight is 424 g/mol. The Labute approximate surface area is 181 Å². The first-order valence-electron chi connectivity index (χ1n) is 10.5. The minimum atomic E-state index is -0.313. The van der Waals surface area contributed by atoms with Crippen LogP contribution in [0.15, 0.2) is 36.4 Å². The molecule has 0 bridgehead atoms. The van der Waals surface area contributed by atoms with Crippen LogP contribution in [-0.4, -0.2) is 23.9 Å². The zero-order chi connectivity index (χ0) is 21.3. The second-order valence-electron chi connectivity index (χ2n) is 8.08. The van der Waals surface area contributed by atoms with Crippen molar-refractivity contribution in [1.29, 1.82) is 0 Å². The summed E-state index contributed by atoms with van der Waals surface area (Å²) in [6.45, 7) is 2.21. The van der Waals surface area contributed by atoms with E-state index in [1.54, 1.807) is 6.07 Å². The molecular formula is C25H26ClNO3. The van der Waals surface area contributed by atoms with Crippen LogP contribution in [0, 0.1) is 6.92 Å². The predicted molar refractivity (Wildman–Crippen MR) is 120 cm³/mol. The molecule has 4 rings (SSSR count). The van der Waals surface area contributed by atoms with Gasteiger partial charge in [0.2, 0.25) is 0 Å². The lowest BCUT2D eigenvalue weighted by molar-refractivity contribution is -0.141. The molecule has 1 fully saturated rings. The van der Waals surface area contributed by atoms with E-state index in [1.165, 1.54) is 42.9 Å². The summed E-state index contributed by atoms with van der Waals surface area (Å²) >= 11 is 6.18. The van der Waals surface area contributed by atoms with Crippen LogP contribution >= 0.6 is 11.6 Å². The number of hydrogen-bond donors (Lipinski definition) is 0. The van der Waals surface area contributed by atoms with Crippen molar-refractivity contribution < 1.29 is 14.3 Å². The van der Waals surface area contributed by atoms with Gasteiger partial charge in [-0.25, -0.2) is 0 Å². The number of carbonyl (C=O) groups excluding carboxylic acids is 2. The molecule has 1 saturated carbocycles. The number of benzene rings is 2. The number of hydrogen-bond acceptors (Lipinski definition) is 3. The first kappa shape index (κ1) is 20.7. The largest absolute Gasteiger partial charge is 0.468 e. The summed E-state index contributed by atoms with van der Waals surface area (Å²) in [4.78, 5) is 24.3. The predicted octanol–water partition coefficient (Wildman–Crippen LogP) is 6.30. The standard InChI is InChI=1S/C25H26ClNO3/c1-16-7-6-10-21-23(16)24(17-8-4-3-5-9-17)25(27(21)14-22(29)30-2)20-12-11-19(26)13-18(20)15-28/h6-7,10-13,15,17H,3-5,8-9,14H2,1-2H3. The Morgan fingerprint density at radius 2 is 1.97 bits per heavy atom. The fourth-order valence-electron chi connectivity index (χ4n) is 4.90. The van der Waals surface area contributed by atoms with E-state index in [4.69, 9.17) is 16.3 Å². The van der Waals surface area contributed by atoms with Gasteiger partial charge in [0, 0.05) is 27.1 Å². The van der Waals surface area contributed by atoms with Crippen molar-refractivity contribution >= 4 is 34.8 Å². The number of rotatable bonds is 5. The van der Waals surface area contributed by atoms with Crippen molar-refractivity contribution in [1.82, 2.24) is 4.57 Å². The maximum Gasteiger partial charge on any atom is 0.325 e. The Morgan fingerprint density at radius 1 is 1.20 bits per heavy atom. The third kappa shape index (κ3) is 3.65. The third-order valence-electron chi connectivity index (χ3n) is 6.26. The lowest BCUT2D eigenvalue weighted by Crippen LogP contribution is -2.14. The Bertz CT molecular complexity index is 1110. The molecule has 1 aliphatic carbocycles. The number of methoxy groups -OCH3 is 1. The molecule has 156 valence electrons. The van der Waals surface area contributed by atoms with Crippen molar-refractivity contribution in [3.8, 4) is 11.3 Å². The molecule has 1 aromatic heterocycles. The Balaban J connectivity index is 2.10. The molecular weight excluding hydrogens is 398 g/mol. The molecule has 0 atom stereocenters. The van der Waals surface area contributed by atoms with E-state index in [2.05, 4.69) is 19.1 Å². The summed E-state index contributed by atoms with van der Waals surface area (Å²) in [6, 6.07) is 11.6. The molecule has 1 heterocycles. The van der Waals surface area contributed by atoms with E-state index < -0.39 is 0 Å². The van der Waals surface area contributed by atoms with Gasteiger partial charge in [0.25, 0.3) is 0 Å². The van der Waals surface area contributed by atoms with E-state index in [0.717, 1.165) is 35.9 Å². The topological polar surface area (TPSA) is 48.3 Å². The summed E-state index contributed by atoms with van der Waals surface area (Å²) in [6.07, 6.45) is 6.72. The monoisotopic (exact) mass is 423 g/mol. The quantitative estimate of drug-likeness (QED) is 0.357. The smallest absolute Gasteiger partial charge is 0.325 e. The van der Waals surface area contributed by atoms with Crippen LogP contribution in [0.2, 0.25) is 5.02 Å². The minimum Gasteiger partial charge on any atom is -0.468 e. The number of ether oxygens (including phenoxy) is 1. The SMILES string of the molecule is COC(=O)Cn1c(-c2ccc(Cl)cc2C=O)c(C2CCCCC2)c2c(C)cccc21. The molecule has 1 aliphatic rings. The molecule has 2 aromatic carbocycles. The number of carbonyl (C=O) groups is 2. The Hall–Kier alpha value is -2.59. The van der Waals surface area contributed by atoms with E-state index in [0.29, 0.717) is 16.5 Å².